The zero-order valence-corrected chi connectivity index (χ0v) is 8.40. The second kappa shape index (κ2) is 2.67. The van der Waals surface area contributed by atoms with Gasteiger partial charge in [0.1, 0.15) is 0 Å². The van der Waals surface area contributed by atoms with Crippen molar-refractivity contribution >= 4 is 16.1 Å². The lowest BCUT2D eigenvalue weighted by Crippen LogP contribution is -2.05. The quantitative estimate of drug-likeness (QED) is 0.572. The SMILES string of the molecule is CS1(C)CC=Cc2ccccc21. The Balaban J connectivity index is 2.60. The van der Waals surface area contributed by atoms with Crippen molar-refractivity contribution in [1.29, 1.82) is 0 Å². The molecule has 1 heterocycles. The van der Waals surface area contributed by atoms with Gasteiger partial charge in [-0.2, -0.15) is 0 Å². The molecule has 0 amide bonds. The van der Waals surface area contributed by atoms with Gasteiger partial charge in [-0.25, -0.2) is 10.0 Å². The first-order chi connectivity index (χ1) is 5.70. The number of rotatable bonds is 0. The van der Waals surface area contributed by atoms with Crippen LogP contribution in [0.25, 0.3) is 6.08 Å². The summed E-state index contributed by atoms with van der Waals surface area (Å²) in [6.45, 7) is 0. The Labute approximate surface area is 75.6 Å². The molecule has 1 aliphatic heterocycles. The fourth-order valence-corrected chi connectivity index (χ4v) is 3.60. The molecular formula is C11H14S. The lowest BCUT2D eigenvalue weighted by atomic mass is 10.2. The van der Waals surface area contributed by atoms with E-state index in [2.05, 4.69) is 48.9 Å². The minimum Gasteiger partial charge on any atom is -0.216 e. The van der Waals surface area contributed by atoms with E-state index < -0.39 is 10.0 Å². The number of hydrogen-bond donors (Lipinski definition) is 0. The van der Waals surface area contributed by atoms with Gasteiger partial charge in [0.2, 0.25) is 0 Å². The molecule has 0 unspecified atom stereocenters. The van der Waals surface area contributed by atoms with E-state index in [1.54, 1.807) is 4.90 Å². The summed E-state index contributed by atoms with van der Waals surface area (Å²) in [5.41, 5.74) is 1.42. The molecule has 64 valence electrons. The van der Waals surface area contributed by atoms with Gasteiger partial charge in [-0.1, -0.05) is 30.4 Å². The normalized spacial score (nSPS) is 21.5. The van der Waals surface area contributed by atoms with Crippen LogP contribution in [0.3, 0.4) is 0 Å². The zero-order valence-electron chi connectivity index (χ0n) is 7.58. The maximum absolute atomic E-state index is 2.38. The molecule has 0 spiro atoms. The Kier molecular flexibility index (Phi) is 1.76. The van der Waals surface area contributed by atoms with Crippen LogP contribution in [-0.4, -0.2) is 18.3 Å². The third kappa shape index (κ3) is 1.18. The summed E-state index contributed by atoms with van der Waals surface area (Å²) >= 11 is 0. The molecule has 0 N–H and O–H groups in total. The van der Waals surface area contributed by atoms with Crippen LogP contribution < -0.4 is 0 Å². The van der Waals surface area contributed by atoms with Crippen molar-refractivity contribution in [3.8, 4) is 0 Å². The third-order valence-corrected chi connectivity index (χ3v) is 4.91. The summed E-state index contributed by atoms with van der Waals surface area (Å²) in [5, 5.41) is 0. The second-order valence-corrected chi connectivity index (χ2v) is 7.49. The molecule has 0 saturated carbocycles. The smallest absolute Gasteiger partial charge is 0.000946 e. The first-order valence-electron chi connectivity index (χ1n) is 4.17. The van der Waals surface area contributed by atoms with Crippen molar-refractivity contribution in [3.63, 3.8) is 0 Å². The Bertz CT molecular complexity index is 324. The molecule has 0 nitrogen and oxygen atoms in total. The van der Waals surface area contributed by atoms with Crippen molar-refractivity contribution in [3.05, 3.63) is 35.9 Å². The van der Waals surface area contributed by atoms with E-state index in [0.717, 1.165) is 0 Å². The molecule has 1 heteroatoms. The second-order valence-electron chi connectivity index (χ2n) is 3.65. The molecule has 0 fully saturated rings. The molecular weight excluding hydrogens is 164 g/mol. The minimum absolute atomic E-state index is 0.529. The van der Waals surface area contributed by atoms with Crippen LogP contribution in [0.2, 0.25) is 0 Å². The average molecular weight is 178 g/mol. The highest BCUT2D eigenvalue weighted by atomic mass is 32.3. The summed E-state index contributed by atoms with van der Waals surface area (Å²) in [5.74, 6) is 1.24. The summed E-state index contributed by atoms with van der Waals surface area (Å²) in [6.07, 6.45) is 9.32. The highest BCUT2D eigenvalue weighted by Gasteiger charge is 2.18. The van der Waals surface area contributed by atoms with Crippen LogP contribution in [0.1, 0.15) is 5.56 Å². The van der Waals surface area contributed by atoms with Gasteiger partial charge in [-0.15, -0.1) is 0 Å². The molecule has 2 rings (SSSR count). The Hall–Kier alpha value is -0.690. The molecule has 0 saturated heterocycles. The highest BCUT2D eigenvalue weighted by Crippen LogP contribution is 2.52. The minimum atomic E-state index is -0.529. The summed E-state index contributed by atoms with van der Waals surface area (Å²) in [7, 11) is -0.529. The van der Waals surface area contributed by atoms with Crippen molar-refractivity contribution in [2.45, 2.75) is 4.90 Å². The van der Waals surface area contributed by atoms with Crippen molar-refractivity contribution in [2.24, 2.45) is 0 Å². The van der Waals surface area contributed by atoms with Gasteiger partial charge in [-0.3, -0.25) is 0 Å². The van der Waals surface area contributed by atoms with Gasteiger partial charge in [0.05, 0.1) is 0 Å². The van der Waals surface area contributed by atoms with Crippen LogP contribution in [0.5, 0.6) is 0 Å². The third-order valence-electron chi connectivity index (χ3n) is 2.32. The molecule has 0 bridgehead atoms. The number of hydrogen-bond acceptors (Lipinski definition) is 0. The van der Waals surface area contributed by atoms with E-state index in [9.17, 15) is 0 Å². The molecule has 1 aromatic rings. The van der Waals surface area contributed by atoms with Crippen molar-refractivity contribution in [2.75, 3.05) is 18.3 Å². The first-order valence-corrected chi connectivity index (χ1v) is 6.79. The molecule has 1 aromatic carbocycles. The van der Waals surface area contributed by atoms with Crippen LogP contribution in [0.4, 0.5) is 0 Å². The van der Waals surface area contributed by atoms with Gasteiger partial charge < -0.3 is 0 Å². The van der Waals surface area contributed by atoms with Crippen LogP contribution in [0.15, 0.2) is 35.2 Å². The van der Waals surface area contributed by atoms with Gasteiger partial charge in [0, 0.05) is 0 Å². The van der Waals surface area contributed by atoms with Crippen molar-refractivity contribution < 1.29 is 0 Å². The maximum Gasteiger partial charge on any atom is -0.000946 e. The predicted molar refractivity (Wildman–Crippen MR) is 58.0 cm³/mol. The Morgan fingerprint density at radius 3 is 2.67 bits per heavy atom. The molecule has 0 radical (unpaired) electrons. The predicted octanol–water partition coefficient (Wildman–Crippen LogP) is 3.14. The molecule has 0 atom stereocenters. The standard InChI is InChI=1S/C11H14S/c1-12(2)9-5-7-10-6-3-4-8-11(10)12/h3-8H,9H2,1-2H3. The Morgan fingerprint density at radius 2 is 1.92 bits per heavy atom. The van der Waals surface area contributed by atoms with Crippen molar-refractivity contribution in [1.82, 2.24) is 0 Å². The summed E-state index contributed by atoms with van der Waals surface area (Å²) in [4.78, 5) is 1.56. The maximum atomic E-state index is 2.38. The molecule has 0 aliphatic carbocycles. The van der Waals surface area contributed by atoms with E-state index in [-0.39, 0.29) is 0 Å². The first kappa shape index (κ1) is 7.93. The van der Waals surface area contributed by atoms with Crippen LogP contribution in [0, 0.1) is 0 Å². The number of benzene rings is 1. The number of fused-ring (bicyclic) bond motifs is 1. The highest BCUT2D eigenvalue weighted by molar-refractivity contribution is 8.32. The fraction of sp³-hybridized carbons (Fsp3) is 0.273. The van der Waals surface area contributed by atoms with Gasteiger partial charge in [0.25, 0.3) is 0 Å². The monoisotopic (exact) mass is 178 g/mol. The average Bonchev–Trinajstić information content (AvgIpc) is 2.04. The molecule has 12 heavy (non-hydrogen) atoms. The van der Waals surface area contributed by atoms with Crippen LogP contribution >= 0.6 is 10.0 Å². The van der Waals surface area contributed by atoms with E-state index in [1.807, 2.05) is 0 Å². The van der Waals surface area contributed by atoms with E-state index in [1.165, 1.54) is 11.3 Å². The molecule has 0 aromatic heterocycles. The summed E-state index contributed by atoms with van der Waals surface area (Å²) < 4.78 is 0. The molecule has 1 aliphatic rings. The zero-order chi connectivity index (χ0) is 8.60. The lowest BCUT2D eigenvalue weighted by molar-refractivity contribution is 1.37. The van der Waals surface area contributed by atoms with Gasteiger partial charge >= 0.3 is 0 Å². The summed E-state index contributed by atoms with van der Waals surface area (Å²) in [6, 6.07) is 8.74. The van der Waals surface area contributed by atoms with E-state index in [0.29, 0.717) is 0 Å². The fourth-order valence-electron chi connectivity index (χ4n) is 1.63. The lowest BCUT2D eigenvalue weighted by Gasteiger charge is -2.34. The van der Waals surface area contributed by atoms with E-state index in [4.69, 9.17) is 0 Å². The van der Waals surface area contributed by atoms with Gasteiger partial charge in [-0.05, 0) is 34.8 Å². The van der Waals surface area contributed by atoms with Crippen LogP contribution in [-0.2, 0) is 0 Å². The van der Waals surface area contributed by atoms with E-state index >= 15 is 0 Å². The topological polar surface area (TPSA) is 0 Å². The Morgan fingerprint density at radius 1 is 1.17 bits per heavy atom. The van der Waals surface area contributed by atoms with Gasteiger partial charge in [0.15, 0.2) is 0 Å². The largest absolute Gasteiger partial charge is 0.216 e.